The third-order valence-corrected chi connectivity index (χ3v) is 6.58. The van der Waals surface area contributed by atoms with Crippen LogP contribution >= 0.6 is 0 Å². The molecule has 2 saturated heterocycles. The molecule has 10 nitrogen and oxygen atoms in total. The fraction of sp³-hybridized carbons (Fsp3) is 0.478. The molecule has 0 unspecified atom stereocenters. The van der Waals surface area contributed by atoms with Crippen LogP contribution < -0.4 is 16.2 Å². The van der Waals surface area contributed by atoms with E-state index in [2.05, 4.69) is 30.7 Å². The highest BCUT2D eigenvalue weighted by atomic mass is 19.1. The molecule has 0 atom stereocenters. The smallest absolute Gasteiger partial charge is 0.277 e. The van der Waals surface area contributed by atoms with E-state index in [1.54, 1.807) is 16.8 Å². The van der Waals surface area contributed by atoms with Crippen molar-refractivity contribution in [2.75, 3.05) is 50.2 Å². The number of nitrogens with zero attached hydrogens (tertiary/aromatic N) is 4. The molecule has 0 spiro atoms. The normalized spacial score (nSPS) is 17.6. The quantitative estimate of drug-likeness (QED) is 0.282. The summed E-state index contributed by atoms with van der Waals surface area (Å²) in [6.07, 6.45) is 4.11. The molecule has 1 aromatic carbocycles. The first kappa shape index (κ1) is 22.5. The largest absolute Gasteiger partial charge is 0.383 e. The van der Waals surface area contributed by atoms with Crippen LogP contribution in [0.1, 0.15) is 19.3 Å². The minimum absolute atomic E-state index is 0.234. The van der Waals surface area contributed by atoms with Crippen molar-refractivity contribution in [2.24, 2.45) is 5.11 Å². The van der Waals surface area contributed by atoms with Crippen LogP contribution in [0.3, 0.4) is 0 Å². The maximum absolute atomic E-state index is 13.0. The van der Waals surface area contributed by atoms with Crippen LogP contribution in [0, 0.1) is 5.53 Å². The van der Waals surface area contributed by atoms with Gasteiger partial charge in [0.25, 0.3) is 5.56 Å². The maximum atomic E-state index is 13.0. The van der Waals surface area contributed by atoms with Crippen LogP contribution in [0.15, 0.2) is 40.4 Å². The number of ether oxygens (including phenoxy) is 1. The number of alkyl halides is 1. The highest BCUT2D eigenvalue weighted by Crippen LogP contribution is 2.32. The zero-order valence-electron chi connectivity index (χ0n) is 18.9. The van der Waals surface area contributed by atoms with Crippen molar-refractivity contribution in [1.29, 1.82) is 5.53 Å². The van der Waals surface area contributed by atoms with Crippen LogP contribution in [0.25, 0.3) is 16.6 Å². The van der Waals surface area contributed by atoms with Gasteiger partial charge in [0, 0.05) is 37.4 Å². The standard InChI is InChI=1S/C23H29FN8O2/c24-7-1-8-26-20-12-15(2-3-19(20)29-25)18-6-11-32-21(18)22(33)28-23(30-32)27-16-4-9-31(10-5-16)17-13-34-14-17/h2-3,6,11-12,16-17,25-26H,1,4-5,7-10,13-14H2,(H2,27,28,30,33). The van der Waals surface area contributed by atoms with Crippen LogP contribution in [-0.2, 0) is 4.74 Å². The summed E-state index contributed by atoms with van der Waals surface area (Å²) in [6.45, 7) is 3.69. The third kappa shape index (κ3) is 4.53. The lowest BCUT2D eigenvalue weighted by Crippen LogP contribution is -2.53. The Morgan fingerprint density at radius 1 is 1.26 bits per heavy atom. The molecule has 0 bridgehead atoms. The number of likely N-dealkylation sites (tertiary alicyclic amines) is 1. The van der Waals surface area contributed by atoms with Gasteiger partial charge in [-0.1, -0.05) is 6.07 Å². The number of fused-ring (bicyclic) bond motifs is 1. The average molecular weight is 469 g/mol. The van der Waals surface area contributed by atoms with E-state index in [4.69, 9.17) is 10.3 Å². The topological polar surface area (TPSA) is 123 Å². The van der Waals surface area contributed by atoms with Gasteiger partial charge in [0.05, 0.1) is 31.6 Å². The number of halogens is 1. The number of hydrogen-bond donors (Lipinski definition) is 4. The molecule has 2 aromatic heterocycles. The van der Waals surface area contributed by atoms with Gasteiger partial charge in [0.2, 0.25) is 5.95 Å². The number of anilines is 2. The first-order chi connectivity index (χ1) is 16.7. The summed E-state index contributed by atoms with van der Waals surface area (Å²) in [5.41, 5.74) is 10.2. The van der Waals surface area contributed by atoms with Gasteiger partial charge in [0.1, 0.15) is 11.2 Å². The highest BCUT2D eigenvalue weighted by Gasteiger charge is 2.29. The Bertz CT molecular complexity index is 1210. The molecule has 180 valence electrons. The summed E-state index contributed by atoms with van der Waals surface area (Å²) in [7, 11) is 0. The van der Waals surface area contributed by atoms with Crippen molar-refractivity contribution in [1.82, 2.24) is 19.5 Å². The third-order valence-electron chi connectivity index (χ3n) is 6.58. The lowest BCUT2D eigenvalue weighted by molar-refractivity contribution is -0.0705. The minimum Gasteiger partial charge on any atom is -0.383 e. The zero-order chi connectivity index (χ0) is 23.5. The van der Waals surface area contributed by atoms with E-state index in [1.807, 2.05) is 18.2 Å². The molecule has 2 aliphatic heterocycles. The fourth-order valence-corrected chi connectivity index (χ4v) is 4.60. The molecule has 3 aromatic rings. The van der Waals surface area contributed by atoms with Crippen LogP contribution in [0.5, 0.6) is 0 Å². The summed E-state index contributed by atoms with van der Waals surface area (Å²) in [6, 6.07) is 8.01. The number of nitrogens with one attached hydrogen (secondary N) is 4. The van der Waals surface area contributed by atoms with E-state index < -0.39 is 6.67 Å². The van der Waals surface area contributed by atoms with E-state index in [1.165, 1.54) is 0 Å². The van der Waals surface area contributed by atoms with Gasteiger partial charge in [-0.05, 0) is 43.0 Å². The molecular formula is C23H29FN8O2. The number of aromatic amines is 1. The molecule has 4 heterocycles. The predicted octanol–water partition coefficient (Wildman–Crippen LogP) is 3.40. The van der Waals surface area contributed by atoms with Crippen LogP contribution in [0.2, 0.25) is 0 Å². The summed E-state index contributed by atoms with van der Waals surface area (Å²) in [4.78, 5) is 18.4. The molecule has 34 heavy (non-hydrogen) atoms. The van der Waals surface area contributed by atoms with Crippen molar-refractivity contribution in [3.63, 3.8) is 0 Å². The van der Waals surface area contributed by atoms with Gasteiger partial charge in [-0.3, -0.25) is 19.1 Å². The van der Waals surface area contributed by atoms with Gasteiger partial charge in [0.15, 0.2) is 0 Å². The second-order valence-corrected chi connectivity index (χ2v) is 8.78. The van der Waals surface area contributed by atoms with Crippen molar-refractivity contribution in [2.45, 2.75) is 31.3 Å². The maximum Gasteiger partial charge on any atom is 0.277 e. The molecule has 5 rings (SSSR count). The van der Waals surface area contributed by atoms with E-state index in [0.29, 0.717) is 41.8 Å². The van der Waals surface area contributed by atoms with Crippen molar-refractivity contribution < 1.29 is 9.13 Å². The molecule has 0 radical (unpaired) electrons. The second kappa shape index (κ2) is 9.90. The van der Waals surface area contributed by atoms with Crippen LogP contribution in [-0.4, -0.2) is 71.1 Å². The van der Waals surface area contributed by atoms with Crippen molar-refractivity contribution in [3.05, 3.63) is 40.8 Å². The fourth-order valence-electron chi connectivity index (χ4n) is 4.60. The van der Waals surface area contributed by atoms with Gasteiger partial charge < -0.3 is 15.4 Å². The predicted molar refractivity (Wildman–Crippen MR) is 128 cm³/mol. The lowest BCUT2D eigenvalue weighted by atomic mass is 10.0. The summed E-state index contributed by atoms with van der Waals surface area (Å²) in [5, 5.41) is 14.6. The monoisotopic (exact) mass is 468 g/mol. The summed E-state index contributed by atoms with van der Waals surface area (Å²) < 4.78 is 19.4. The summed E-state index contributed by atoms with van der Waals surface area (Å²) in [5.74, 6) is 0.460. The minimum atomic E-state index is -0.420. The number of aromatic nitrogens is 3. The number of hydrogen-bond acceptors (Lipinski definition) is 8. The molecule has 2 fully saturated rings. The van der Waals surface area contributed by atoms with Gasteiger partial charge in [-0.15, -0.1) is 5.10 Å². The van der Waals surface area contributed by atoms with Crippen LogP contribution in [0.4, 0.5) is 21.7 Å². The molecule has 4 N–H and O–H groups in total. The lowest BCUT2D eigenvalue weighted by Gasteiger charge is -2.41. The van der Waals surface area contributed by atoms with E-state index in [-0.39, 0.29) is 11.6 Å². The Hall–Kier alpha value is -3.31. The summed E-state index contributed by atoms with van der Waals surface area (Å²) >= 11 is 0. The van der Waals surface area contributed by atoms with Gasteiger partial charge in [-0.2, -0.15) is 5.11 Å². The Labute approximate surface area is 196 Å². The zero-order valence-corrected chi connectivity index (χ0v) is 18.9. The van der Waals surface area contributed by atoms with Gasteiger partial charge in [-0.25, -0.2) is 10.0 Å². The van der Waals surface area contributed by atoms with E-state index >= 15 is 0 Å². The highest BCUT2D eigenvalue weighted by molar-refractivity contribution is 5.84. The number of piperidine rings is 1. The average Bonchev–Trinajstić information content (AvgIpc) is 3.24. The SMILES string of the molecule is N=Nc1ccc(-c2ccn3nc(NC4CCN(C5COC5)CC4)[nH]c(=O)c23)cc1NCCCF. The number of H-pyrrole nitrogens is 1. The molecule has 11 heteroatoms. The Morgan fingerprint density at radius 3 is 2.79 bits per heavy atom. The first-order valence-electron chi connectivity index (χ1n) is 11.7. The Kier molecular flexibility index (Phi) is 6.54. The number of rotatable bonds is 9. The molecule has 0 amide bonds. The van der Waals surface area contributed by atoms with Gasteiger partial charge >= 0.3 is 0 Å². The van der Waals surface area contributed by atoms with E-state index in [9.17, 15) is 9.18 Å². The molecule has 2 aliphatic rings. The molecular weight excluding hydrogens is 439 g/mol. The van der Waals surface area contributed by atoms with E-state index in [0.717, 1.165) is 50.3 Å². The molecule has 0 aliphatic carbocycles. The van der Waals surface area contributed by atoms with Crippen molar-refractivity contribution >= 4 is 22.8 Å². The molecule has 0 saturated carbocycles. The second-order valence-electron chi connectivity index (χ2n) is 8.78. The Morgan fingerprint density at radius 2 is 2.09 bits per heavy atom. The Balaban J connectivity index is 1.34. The number of benzene rings is 1. The first-order valence-corrected chi connectivity index (χ1v) is 11.7. The van der Waals surface area contributed by atoms with Crippen molar-refractivity contribution in [3.8, 4) is 11.1 Å².